The number of aliphatic hydroxyl groups is 1. The Morgan fingerprint density at radius 1 is 1.02 bits per heavy atom. The lowest BCUT2D eigenvalue weighted by Gasteiger charge is -2.29. The number of ether oxygens (including phenoxy) is 2. The van der Waals surface area contributed by atoms with Crippen molar-refractivity contribution in [2.45, 2.75) is 48.7 Å². The maximum atomic E-state index is 13.3. The Hall–Kier alpha value is -3.64. The maximum absolute atomic E-state index is 13.3. The molecule has 0 aromatic heterocycles. The topological polar surface area (TPSA) is 142 Å². The van der Waals surface area contributed by atoms with Crippen molar-refractivity contribution in [3.63, 3.8) is 0 Å². The van der Waals surface area contributed by atoms with Gasteiger partial charge >= 0.3 is 12.1 Å². The van der Waals surface area contributed by atoms with Gasteiger partial charge in [-0.05, 0) is 80.8 Å². The zero-order valence-corrected chi connectivity index (χ0v) is 26.1. The molecule has 43 heavy (non-hydrogen) atoms. The third kappa shape index (κ3) is 9.69. The van der Waals surface area contributed by atoms with Gasteiger partial charge in [-0.1, -0.05) is 35.9 Å². The first kappa shape index (κ1) is 33.9. The summed E-state index contributed by atoms with van der Waals surface area (Å²) in [5, 5.41) is 23.8. The molecule has 232 valence electrons. The van der Waals surface area contributed by atoms with Gasteiger partial charge in [-0.2, -0.15) is 0 Å². The molecule has 3 rings (SSSR count). The number of nitrogens with one attached hydrogen (secondary N) is 1. The number of sulfone groups is 1. The van der Waals surface area contributed by atoms with Crippen LogP contribution in [0.3, 0.4) is 0 Å². The highest BCUT2D eigenvalue weighted by atomic mass is 35.5. The summed E-state index contributed by atoms with van der Waals surface area (Å²) in [6, 6.07) is 16.8. The summed E-state index contributed by atoms with van der Waals surface area (Å²) >= 11 is 6.06. The molecule has 1 amide bonds. The lowest BCUT2D eigenvalue weighted by molar-refractivity contribution is 0.0147. The Labute approximate surface area is 257 Å². The van der Waals surface area contributed by atoms with Crippen molar-refractivity contribution >= 4 is 39.2 Å². The highest BCUT2D eigenvalue weighted by Gasteiger charge is 2.25. The standard InChI is InChI=1S/C31H37ClN2O8S/c1-31(2,3)42-30(38)34(20-28(35)22-6-5-7-23(32)18-22)16-14-21-8-10-24(11-9-21)43(39,40)25-12-13-27(33-15-17-41-4)26(19-25)29(36)37/h5-13,18-19,28,33,35H,14-17,20H2,1-4H3,(H,36,37)/t28-/m1/s1. The second-order valence-corrected chi connectivity index (χ2v) is 13.2. The molecule has 0 heterocycles. The number of methoxy groups -OCH3 is 1. The predicted molar refractivity (Wildman–Crippen MR) is 164 cm³/mol. The van der Waals surface area contributed by atoms with E-state index in [0.717, 1.165) is 11.6 Å². The van der Waals surface area contributed by atoms with Gasteiger partial charge in [0.1, 0.15) is 5.60 Å². The van der Waals surface area contributed by atoms with Crippen LogP contribution in [0.15, 0.2) is 76.5 Å². The Kier molecular flexibility index (Phi) is 11.6. The summed E-state index contributed by atoms with van der Waals surface area (Å²) in [4.78, 5) is 26.0. The number of hydrogen-bond acceptors (Lipinski definition) is 8. The van der Waals surface area contributed by atoms with E-state index in [1.807, 2.05) is 0 Å². The number of rotatable bonds is 13. The van der Waals surface area contributed by atoms with Gasteiger partial charge in [0.25, 0.3) is 0 Å². The molecule has 0 spiro atoms. The van der Waals surface area contributed by atoms with E-state index in [1.165, 1.54) is 36.3 Å². The van der Waals surface area contributed by atoms with E-state index in [-0.39, 0.29) is 34.1 Å². The first-order valence-corrected chi connectivity index (χ1v) is 15.4. The first-order valence-electron chi connectivity index (χ1n) is 13.6. The minimum absolute atomic E-state index is 0.00643. The summed E-state index contributed by atoms with van der Waals surface area (Å²) in [6.45, 7) is 6.11. The average Bonchev–Trinajstić information content (AvgIpc) is 2.94. The minimum atomic E-state index is -4.01. The summed E-state index contributed by atoms with van der Waals surface area (Å²) in [7, 11) is -2.49. The van der Waals surface area contributed by atoms with Gasteiger partial charge in [-0.3, -0.25) is 0 Å². The molecule has 3 aromatic rings. The van der Waals surface area contributed by atoms with Crippen LogP contribution in [0.4, 0.5) is 10.5 Å². The third-order valence-corrected chi connectivity index (χ3v) is 8.34. The van der Waals surface area contributed by atoms with Gasteiger partial charge in [0.2, 0.25) is 9.84 Å². The molecule has 0 aliphatic carbocycles. The Balaban J connectivity index is 1.77. The van der Waals surface area contributed by atoms with Crippen molar-refractivity contribution in [2.24, 2.45) is 0 Å². The first-order chi connectivity index (χ1) is 20.2. The second-order valence-electron chi connectivity index (χ2n) is 10.8. The van der Waals surface area contributed by atoms with E-state index in [4.69, 9.17) is 21.1 Å². The van der Waals surface area contributed by atoms with Crippen LogP contribution in [0.1, 0.15) is 48.4 Å². The minimum Gasteiger partial charge on any atom is -0.478 e. The summed E-state index contributed by atoms with van der Waals surface area (Å²) in [5.74, 6) is -1.26. The van der Waals surface area contributed by atoms with Crippen LogP contribution in [-0.2, 0) is 25.7 Å². The van der Waals surface area contributed by atoms with E-state index in [1.54, 1.807) is 57.2 Å². The van der Waals surface area contributed by atoms with Crippen molar-refractivity contribution < 1.29 is 37.7 Å². The fraction of sp³-hybridized carbons (Fsp3) is 0.355. The molecule has 0 aliphatic rings. The molecular formula is C31H37ClN2O8S. The van der Waals surface area contributed by atoms with E-state index in [2.05, 4.69) is 5.32 Å². The summed E-state index contributed by atoms with van der Waals surface area (Å²) in [6.07, 6.45) is -1.24. The molecule has 0 saturated carbocycles. The number of hydrogen-bond donors (Lipinski definition) is 3. The summed E-state index contributed by atoms with van der Waals surface area (Å²) < 4.78 is 37.1. The average molecular weight is 633 g/mol. The highest BCUT2D eigenvalue weighted by Crippen LogP contribution is 2.27. The van der Waals surface area contributed by atoms with Gasteiger partial charge in [0, 0.05) is 30.9 Å². The van der Waals surface area contributed by atoms with Crippen LogP contribution < -0.4 is 5.32 Å². The fourth-order valence-corrected chi connectivity index (χ4v) is 5.64. The number of anilines is 1. The van der Waals surface area contributed by atoms with E-state index < -0.39 is 33.6 Å². The zero-order chi connectivity index (χ0) is 31.8. The van der Waals surface area contributed by atoms with Crippen LogP contribution in [0.25, 0.3) is 0 Å². The SMILES string of the molecule is COCCNc1ccc(S(=O)(=O)c2ccc(CCN(C[C@@H](O)c3cccc(Cl)c3)C(=O)OC(C)(C)C)cc2)cc1C(=O)O. The highest BCUT2D eigenvalue weighted by molar-refractivity contribution is 7.91. The molecule has 1 atom stereocenters. The largest absolute Gasteiger partial charge is 0.478 e. The molecule has 3 N–H and O–H groups in total. The lowest BCUT2D eigenvalue weighted by atomic mass is 10.1. The van der Waals surface area contributed by atoms with Crippen LogP contribution in [0, 0.1) is 0 Å². The van der Waals surface area contributed by atoms with E-state index >= 15 is 0 Å². The van der Waals surface area contributed by atoms with Crippen molar-refractivity contribution in [1.29, 1.82) is 0 Å². The molecule has 0 saturated heterocycles. The van der Waals surface area contributed by atoms with Crippen molar-refractivity contribution in [1.82, 2.24) is 4.90 Å². The molecule has 3 aromatic carbocycles. The maximum Gasteiger partial charge on any atom is 0.410 e. The van der Waals surface area contributed by atoms with Gasteiger partial charge in [-0.25, -0.2) is 18.0 Å². The number of halogens is 1. The number of nitrogens with zero attached hydrogens (tertiary/aromatic N) is 1. The molecule has 0 aliphatic heterocycles. The smallest absolute Gasteiger partial charge is 0.410 e. The molecule has 0 radical (unpaired) electrons. The van der Waals surface area contributed by atoms with Crippen LogP contribution in [-0.4, -0.2) is 74.5 Å². The van der Waals surface area contributed by atoms with Gasteiger partial charge in [-0.15, -0.1) is 0 Å². The zero-order valence-electron chi connectivity index (χ0n) is 24.5. The number of carboxylic acids is 1. The van der Waals surface area contributed by atoms with Crippen molar-refractivity contribution in [3.05, 3.63) is 88.4 Å². The number of aromatic carboxylic acids is 1. The molecule has 0 unspecified atom stereocenters. The van der Waals surface area contributed by atoms with Crippen LogP contribution in [0.5, 0.6) is 0 Å². The summed E-state index contributed by atoms with van der Waals surface area (Å²) in [5.41, 5.74) is 0.671. The van der Waals surface area contributed by atoms with Crippen LogP contribution in [0.2, 0.25) is 5.02 Å². The van der Waals surface area contributed by atoms with E-state index in [9.17, 15) is 28.2 Å². The van der Waals surface area contributed by atoms with Gasteiger partial charge in [0.05, 0.1) is 34.6 Å². The third-order valence-electron chi connectivity index (χ3n) is 6.34. The number of aliphatic hydroxyl groups excluding tert-OH is 1. The second kappa shape index (κ2) is 14.7. The monoisotopic (exact) mass is 632 g/mol. The number of carboxylic acid groups (broad SMARTS) is 1. The number of benzene rings is 3. The Morgan fingerprint density at radius 2 is 1.70 bits per heavy atom. The molecular weight excluding hydrogens is 596 g/mol. The Bertz CT molecular complexity index is 1520. The quantitative estimate of drug-likeness (QED) is 0.210. The number of amides is 1. The van der Waals surface area contributed by atoms with Gasteiger partial charge < -0.3 is 29.9 Å². The fourth-order valence-electron chi connectivity index (χ4n) is 4.16. The lowest BCUT2D eigenvalue weighted by Crippen LogP contribution is -2.40. The molecule has 0 fully saturated rings. The number of carbonyl (C=O) groups is 2. The molecule has 0 bridgehead atoms. The Morgan fingerprint density at radius 3 is 2.30 bits per heavy atom. The van der Waals surface area contributed by atoms with Crippen molar-refractivity contribution in [3.8, 4) is 0 Å². The predicted octanol–water partition coefficient (Wildman–Crippen LogP) is 5.44. The van der Waals surface area contributed by atoms with Crippen molar-refractivity contribution in [2.75, 3.05) is 38.7 Å². The van der Waals surface area contributed by atoms with Crippen LogP contribution >= 0.6 is 11.6 Å². The van der Waals surface area contributed by atoms with Gasteiger partial charge in [0.15, 0.2) is 0 Å². The molecule has 12 heteroatoms. The normalized spacial score (nSPS) is 12.4. The molecule has 10 nitrogen and oxygen atoms in total. The number of carbonyl (C=O) groups excluding carboxylic acids is 1. The van der Waals surface area contributed by atoms with E-state index in [0.29, 0.717) is 30.2 Å².